The summed E-state index contributed by atoms with van der Waals surface area (Å²) >= 11 is 0. The number of hydrogen-bond donors (Lipinski definition) is 0. The predicted molar refractivity (Wildman–Crippen MR) is 128 cm³/mol. The van der Waals surface area contributed by atoms with Crippen LogP contribution in [0.4, 0.5) is 5.69 Å². The van der Waals surface area contributed by atoms with E-state index in [1.807, 2.05) is 6.07 Å². The predicted octanol–water partition coefficient (Wildman–Crippen LogP) is 4.58. The molecule has 1 unspecified atom stereocenters. The molecule has 4 rings (SSSR count). The summed E-state index contributed by atoms with van der Waals surface area (Å²) in [4.78, 5) is 4.66. The van der Waals surface area contributed by atoms with Crippen LogP contribution in [-0.4, -0.2) is 51.4 Å². The largest absolute Gasteiger partial charge is 0.496 e. The van der Waals surface area contributed by atoms with Crippen molar-refractivity contribution in [3.63, 3.8) is 0 Å². The minimum atomic E-state index is 0.0378. The quantitative estimate of drug-likeness (QED) is 0.543. The molecule has 1 atom stereocenters. The highest BCUT2D eigenvalue weighted by Crippen LogP contribution is 2.43. The van der Waals surface area contributed by atoms with E-state index >= 15 is 0 Å². The number of aryl methyl sites for hydroxylation is 1. The van der Waals surface area contributed by atoms with Crippen LogP contribution in [0.25, 0.3) is 0 Å². The van der Waals surface area contributed by atoms with Gasteiger partial charge in [-0.2, -0.15) is 0 Å². The molecule has 2 heterocycles. The number of aromatic nitrogens is 1. The van der Waals surface area contributed by atoms with Crippen LogP contribution < -0.4 is 19.1 Å². The summed E-state index contributed by atoms with van der Waals surface area (Å²) in [5, 5.41) is 0. The van der Waals surface area contributed by atoms with Gasteiger partial charge in [-0.3, -0.25) is 4.90 Å². The molecule has 0 bridgehead atoms. The first kappa shape index (κ1) is 22.1. The summed E-state index contributed by atoms with van der Waals surface area (Å²) in [7, 11) is 9.17. The molecule has 6 heteroatoms. The fourth-order valence-electron chi connectivity index (χ4n) is 4.57. The molecule has 0 radical (unpaired) electrons. The number of methoxy groups -OCH3 is 3. The first-order valence-corrected chi connectivity index (χ1v) is 11.0. The van der Waals surface area contributed by atoms with Crippen LogP contribution in [0.2, 0.25) is 0 Å². The molecule has 0 aliphatic carbocycles. The SMILES string of the molecule is COc1cc(OC)c(C2c3cccn3CCCN2Cc2ccc(N(C)C)cc2)cc1OC. The van der Waals surface area contributed by atoms with Gasteiger partial charge >= 0.3 is 0 Å². The van der Waals surface area contributed by atoms with Crippen LogP contribution in [0.1, 0.15) is 29.3 Å². The van der Waals surface area contributed by atoms with Gasteiger partial charge < -0.3 is 23.7 Å². The molecule has 1 aliphatic heterocycles. The Morgan fingerprint density at radius 2 is 1.56 bits per heavy atom. The molecule has 6 nitrogen and oxygen atoms in total. The average molecular weight is 436 g/mol. The van der Waals surface area contributed by atoms with E-state index in [1.165, 1.54) is 16.9 Å². The Morgan fingerprint density at radius 1 is 0.875 bits per heavy atom. The monoisotopic (exact) mass is 435 g/mol. The van der Waals surface area contributed by atoms with Crippen molar-refractivity contribution >= 4 is 5.69 Å². The maximum absolute atomic E-state index is 5.84. The van der Waals surface area contributed by atoms with Crippen molar-refractivity contribution in [1.29, 1.82) is 0 Å². The zero-order valence-electron chi connectivity index (χ0n) is 19.7. The van der Waals surface area contributed by atoms with E-state index in [0.29, 0.717) is 11.5 Å². The van der Waals surface area contributed by atoms with Gasteiger partial charge in [-0.05, 0) is 42.3 Å². The second kappa shape index (κ2) is 9.57. The van der Waals surface area contributed by atoms with Gasteiger partial charge in [0, 0.05) is 62.9 Å². The van der Waals surface area contributed by atoms with Gasteiger partial charge in [-0.1, -0.05) is 12.1 Å². The summed E-state index contributed by atoms with van der Waals surface area (Å²) in [5.41, 5.74) is 4.84. The molecule has 170 valence electrons. The second-order valence-corrected chi connectivity index (χ2v) is 8.36. The first-order chi connectivity index (χ1) is 15.5. The molecule has 32 heavy (non-hydrogen) atoms. The van der Waals surface area contributed by atoms with Crippen molar-refractivity contribution in [3.8, 4) is 17.2 Å². The molecular formula is C26H33N3O3. The average Bonchev–Trinajstić information content (AvgIpc) is 3.20. The maximum atomic E-state index is 5.84. The number of benzene rings is 2. The zero-order valence-corrected chi connectivity index (χ0v) is 19.7. The standard InChI is InChI=1S/C26H33N3O3/c1-27(2)20-11-9-19(10-12-20)18-29-15-7-14-28-13-6-8-22(28)26(29)21-16-24(31-4)25(32-5)17-23(21)30-3/h6,8-13,16-17,26H,7,14-15,18H2,1-5H3. The number of fused-ring (bicyclic) bond motifs is 1. The van der Waals surface area contributed by atoms with Gasteiger partial charge in [0.2, 0.25) is 0 Å². The minimum absolute atomic E-state index is 0.0378. The van der Waals surface area contributed by atoms with E-state index in [2.05, 4.69) is 77.1 Å². The Hall–Kier alpha value is -3.12. The van der Waals surface area contributed by atoms with E-state index in [9.17, 15) is 0 Å². The molecule has 3 aromatic rings. The van der Waals surface area contributed by atoms with E-state index < -0.39 is 0 Å². The highest BCUT2D eigenvalue weighted by Gasteiger charge is 2.31. The zero-order chi connectivity index (χ0) is 22.7. The Kier molecular flexibility index (Phi) is 6.61. The van der Waals surface area contributed by atoms with Gasteiger partial charge in [-0.15, -0.1) is 0 Å². The number of rotatable bonds is 7. The highest BCUT2D eigenvalue weighted by molar-refractivity contribution is 5.53. The van der Waals surface area contributed by atoms with Gasteiger partial charge in [0.05, 0.1) is 27.4 Å². The van der Waals surface area contributed by atoms with E-state index in [4.69, 9.17) is 14.2 Å². The summed E-state index contributed by atoms with van der Waals surface area (Å²) in [5.74, 6) is 2.18. The Morgan fingerprint density at radius 3 is 2.22 bits per heavy atom. The normalized spacial score (nSPS) is 16.2. The Labute approximate surface area is 190 Å². The second-order valence-electron chi connectivity index (χ2n) is 8.36. The summed E-state index contributed by atoms with van der Waals surface area (Å²) in [6.45, 7) is 2.84. The molecule has 1 aliphatic rings. The van der Waals surface area contributed by atoms with E-state index in [0.717, 1.165) is 37.4 Å². The topological polar surface area (TPSA) is 39.1 Å². The lowest BCUT2D eigenvalue weighted by atomic mass is 9.99. The van der Waals surface area contributed by atoms with Gasteiger partial charge in [0.25, 0.3) is 0 Å². The fourth-order valence-corrected chi connectivity index (χ4v) is 4.57. The number of hydrogen-bond acceptors (Lipinski definition) is 5. The fraction of sp³-hybridized carbons (Fsp3) is 0.385. The van der Waals surface area contributed by atoms with Crippen LogP contribution >= 0.6 is 0 Å². The molecule has 1 aromatic heterocycles. The van der Waals surface area contributed by atoms with Crippen molar-refractivity contribution in [2.24, 2.45) is 0 Å². The van der Waals surface area contributed by atoms with Crippen LogP contribution in [0.5, 0.6) is 17.2 Å². The molecule has 2 aromatic carbocycles. The molecule has 0 spiro atoms. The first-order valence-electron chi connectivity index (χ1n) is 11.0. The highest BCUT2D eigenvalue weighted by atomic mass is 16.5. The van der Waals surface area contributed by atoms with Crippen molar-refractivity contribution in [2.45, 2.75) is 25.6 Å². The molecule has 0 amide bonds. The summed E-state index contributed by atoms with van der Waals surface area (Å²) in [6.07, 6.45) is 3.26. The lowest BCUT2D eigenvalue weighted by molar-refractivity contribution is 0.215. The lowest BCUT2D eigenvalue weighted by Gasteiger charge is -2.32. The third kappa shape index (κ3) is 4.28. The number of anilines is 1. The van der Waals surface area contributed by atoms with E-state index in [-0.39, 0.29) is 6.04 Å². The third-order valence-corrected chi connectivity index (χ3v) is 6.22. The summed E-state index contributed by atoms with van der Waals surface area (Å²) < 4.78 is 19.4. The summed E-state index contributed by atoms with van der Waals surface area (Å²) in [6, 6.07) is 17.2. The van der Waals surface area contributed by atoms with Crippen LogP contribution in [0.3, 0.4) is 0 Å². The molecule has 0 N–H and O–H groups in total. The smallest absolute Gasteiger partial charge is 0.164 e. The van der Waals surface area contributed by atoms with Gasteiger partial charge in [-0.25, -0.2) is 0 Å². The molecule has 0 fully saturated rings. The Bertz CT molecular complexity index is 1040. The maximum Gasteiger partial charge on any atom is 0.164 e. The minimum Gasteiger partial charge on any atom is -0.496 e. The molecule has 0 saturated carbocycles. The number of nitrogens with zero attached hydrogens (tertiary/aromatic N) is 3. The lowest BCUT2D eigenvalue weighted by Crippen LogP contribution is -2.30. The van der Waals surface area contributed by atoms with Crippen LogP contribution in [-0.2, 0) is 13.1 Å². The van der Waals surface area contributed by atoms with Crippen molar-refractivity contribution in [2.75, 3.05) is 46.9 Å². The van der Waals surface area contributed by atoms with Gasteiger partial charge in [0.1, 0.15) is 5.75 Å². The number of ether oxygens (including phenoxy) is 3. The van der Waals surface area contributed by atoms with Gasteiger partial charge in [0.15, 0.2) is 11.5 Å². The van der Waals surface area contributed by atoms with Crippen molar-refractivity contribution < 1.29 is 14.2 Å². The van der Waals surface area contributed by atoms with Crippen molar-refractivity contribution in [3.05, 3.63) is 71.5 Å². The molecular weight excluding hydrogens is 402 g/mol. The molecule has 0 saturated heterocycles. The third-order valence-electron chi connectivity index (χ3n) is 6.22. The Balaban J connectivity index is 1.78. The van der Waals surface area contributed by atoms with Crippen LogP contribution in [0.15, 0.2) is 54.7 Å². The van der Waals surface area contributed by atoms with Crippen LogP contribution in [0, 0.1) is 0 Å². The van der Waals surface area contributed by atoms with E-state index in [1.54, 1.807) is 21.3 Å². The van der Waals surface area contributed by atoms with Crippen molar-refractivity contribution in [1.82, 2.24) is 9.47 Å².